The summed E-state index contributed by atoms with van der Waals surface area (Å²) >= 11 is 3.42. The van der Waals surface area contributed by atoms with E-state index in [1.54, 1.807) is 22.7 Å². The van der Waals surface area contributed by atoms with Crippen LogP contribution in [0.5, 0.6) is 0 Å². The van der Waals surface area contributed by atoms with Crippen molar-refractivity contribution in [3.63, 3.8) is 0 Å². The monoisotopic (exact) mass is 345 g/mol. The number of thiazole rings is 1. The number of hydrogen-bond acceptors (Lipinski definition) is 5. The third kappa shape index (κ3) is 5.74. The number of nitrogens with one attached hydrogen (secondary N) is 2. The number of halogens is 1. The quantitative estimate of drug-likeness (QED) is 0.811. The molecule has 0 atom stereocenters. The second kappa shape index (κ2) is 9.15. The number of rotatable bonds is 7. The predicted octanol–water partition coefficient (Wildman–Crippen LogP) is 2.87. The van der Waals surface area contributed by atoms with Crippen LogP contribution < -0.4 is 10.6 Å². The summed E-state index contributed by atoms with van der Waals surface area (Å²) in [6.45, 7) is 3.43. The van der Waals surface area contributed by atoms with Crippen LogP contribution in [0.1, 0.15) is 16.3 Å². The zero-order valence-electron chi connectivity index (χ0n) is 12.1. The molecule has 0 spiro atoms. The molecule has 0 bridgehead atoms. The Labute approximate surface area is 139 Å². The number of nitrogens with zero attached hydrogens (tertiary/aromatic N) is 1. The van der Waals surface area contributed by atoms with Gasteiger partial charge in [0.25, 0.3) is 0 Å². The highest BCUT2D eigenvalue weighted by Gasteiger charge is 2.06. The summed E-state index contributed by atoms with van der Waals surface area (Å²) in [5.41, 5.74) is 1.06. The zero-order chi connectivity index (χ0) is 14.4. The van der Waals surface area contributed by atoms with Gasteiger partial charge in [0.1, 0.15) is 0 Å². The summed E-state index contributed by atoms with van der Waals surface area (Å²) in [7, 11) is 1.85. The molecule has 0 aromatic carbocycles. The third-order valence-corrected chi connectivity index (χ3v) is 4.77. The van der Waals surface area contributed by atoms with Gasteiger partial charge in [0.2, 0.25) is 5.91 Å². The molecule has 4 nitrogen and oxygen atoms in total. The number of aryl methyl sites for hydroxylation is 1. The fourth-order valence-corrected chi connectivity index (χ4v) is 3.43. The van der Waals surface area contributed by atoms with Crippen LogP contribution in [0.4, 0.5) is 0 Å². The van der Waals surface area contributed by atoms with Gasteiger partial charge in [-0.3, -0.25) is 4.79 Å². The van der Waals surface area contributed by atoms with Crippen molar-refractivity contribution in [3.05, 3.63) is 27.4 Å². The van der Waals surface area contributed by atoms with E-state index in [0.29, 0.717) is 13.0 Å². The normalized spacial score (nSPS) is 10.2. The number of amides is 1. The average Bonchev–Trinajstić information content (AvgIpc) is 3.05. The molecule has 1 amide bonds. The molecule has 0 fully saturated rings. The molecule has 2 heterocycles. The highest BCUT2D eigenvalue weighted by molar-refractivity contribution is 7.16. The van der Waals surface area contributed by atoms with E-state index in [1.807, 2.05) is 14.0 Å². The van der Waals surface area contributed by atoms with E-state index in [1.165, 1.54) is 9.75 Å². The van der Waals surface area contributed by atoms with Crippen LogP contribution in [-0.4, -0.2) is 31.0 Å². The van der Waals surface area contributed by atoms with Gasteiger partial charge in [-0.2, -0.15) is 0 Å². The number of carbonyl (C=O) groups excluding carboxylic acids is 1. The number of aromatic nitrogens is 1. The molecule has 116 valence electrons. The van der Waals surface area contributed by atoms with E-state index in [9.17, 15) is 4.79 Å². The first kappa shape index (κ1) is 18.1. The Balaban J connectivity index is 0.00000220. The Morgan fingerprint density at radius 3 is 2.81 bits per heavy atom. The van der Waals surface area contributed by atoms with Crippen molar-refractivity contribution >= 4 is 41.0 Å². The number of hydrogen-bond donors (Lipinski definition) is 2. The molecule has 2 aromatic heterocycles. The highest BCUT2D eigenvalue weighted by atomic mass is 35.5. The van der Waals surface area contributed by atoms with Crippen LogP contribution in [0.3, 0.4) is 0 Å². The van der Waals surface area contributed by atoms with Gasteiger partial charge in [0.15, 0.2) is 0 Å². The number of thiophene rings is 1. The van der Waals surface area contributed by atoms with Crippen molar-refractivity contribution in [1.29, 1.82) is 0 Å². The van der Waals surface area contributed by atoms with Crippen LogP contribution >= 0.6 is 35.1 Å². The largest absolute Gasteiger partial charge is 0.356 e. The second-order valence-electron chi connectivity index (χ2n) is 4.47. The minimum Gasteiger partial charge on any atom is -0.356 e. The molecule has 0 saturated carbocycles. The molecule has 2 N–H and O–H groups in total. The molecule has 0 unspecified atom stereocenters. The zero-order valence-corrected chi connectivity index (χ0v) is 14.6. The van der Waals surface area contributed by atoms with Crippen molar-refractivity contribution in [2.75, 3.05) is 20.1 Å². The van der Waals surface area contributed by atoms with Gasteiger partial charge in [-0.25, -0.2) is 4.98 Å². The first-order valence-electron chi connectivity index (χ1n) is 6.61. The van der Waals surface area contributed by atoms with Gasteiger partial charge >= 0.3 is 0 Å². The summed E-state index contributed by atoms with van der Waals surface area (Å²) in [5.74, 6) is 0.103. The molecular formula is C14H20ClN3OS2. The molecule has 0 radical (unpaired) electrons. The van der Waals surface area contributed by atoms with E-state index < -0.39 is 0 Å². The van der Waals surface area contributed by atoms with E-state index >= 15 is 0 Å². The Bertz CT molecular complexity index is 568. The first-order chi connectivity index (χ1) is 9.69. The van der Waals surface area contributed by atoms with Crippen molar-refractivity contribution in [1.82, 2.24) is 15.6 Å². The van der Waals surface area contributed by atoms with Gasteiger partial charge in [-0.05, 0) is 32.5 Å². The van der Waals surface area contributed by atoms with Gasteiger partial charge in [-0.15, -0.1) is 35.1 Å². The fraction of sp³-hybridized carbons (Fsp3) is 0.429. The Morgan fingerprint density at radius 1 is 1.33 bits per heavy atom. The van der Waals surface area contributed by atoms with Crippen molar-refractivity contribution in [2.24, 2.45) is 0 Å². The van der Waals surface area contributed by atoms with E-state index in [2.05, 4.69) is 33.1 Å². The van der Waals surface area contributed by atoms with Crippen LogP contribution in [0.2, 0.25) is 0 Å². The molecule has 0 saturated heterocycles. The summed E-state index contributed by atoms with van der Waals surface area (Å²) < 4.78 is 0. The predicted molar refractivity (Wildman–Crippen MR) is 92.7 cm³/mol. The fourth-order valence-electron chi connectivity index (χ4n) is 1.78. The molecule has 7 heteroatoms. The maximum absolute atomic E-state index is 11.5. The molecule has 2 aromatic rings. The Hall–Kier alpha value is -0.950. The van der Waals surface area contributed by atoms with Crippen LogP contribution in [0.15, 0.2) is 17.5 Å². The third-order valence-electron chi connectivity index (χ3n) is 2.83. The number of carbonyl (C=O) groups is 1. The van der Waals surface area contributed by atoms with Crippen molar-refractivity contribution in [3.8, 4) is 10.6 Å². The van der Waals surface area contributed by atoms with E-state index in [4.69, 9.17) is 0 Å². The van der Waals surface area contributed by atoms with Crippen molar-refractivity contribution in [2.45, 2.75) is 19.8 Å². The second-order valence-corrected chi connectivity index (χ2v) is 6.70. The van der Waals surface area contributed by atoms with Crippen molar-refractivity contribution < 1.29 is 4.79 Å². The molecule has 21 heavy (non-hydrogen) atoms. The van der Waals surface area contributed by atoms with E-state index in [-0.39, 0.29) is 18.3 Å². The maximum Gasteiger partial charge on any atom is 0.221 e. The lowest BCUT2D eigenvalue weighted by molar-refractivity contribution is -0.120. The smallest absolute Gasteiger partial charge is 0.221 e. The minimum atomic E-state index is 0. The van der Waals surface area contributed by atoms with Gasteiger partial charge < -0.3 is 10.6 Å². The van der Waals surface area contributed by atoms with Gasteiger partial charge in [0, 0.05) is 29.8 Å². The van der Waals surface area contributed by atoms with Gasteiger partial charge in [-0.1, -0.05) is 0 Å². The van der Waals surface area contributed by atoms with Gasteiger partial charge in [0.05, 0.1) is 15.6 Å². The topological polar surface area (TPSA) is 54.0 Å². The highest BCUT2D eigenvalue weighted by Crippen LogP contribution is 2.29. The summed E-state index contributed by atoms with van der Waals surface area (Å²) in [4.78, 5) is 18.4. The molecular weight excluding hydrogens is 326 g/mol. The first-order valence-corrected chi connectivity index (χ1v) is 8.31. The Morgan fingerprint density at radius 2 is 2.14 bits per heavy atom. The van der Waals surface area contributed by atoms with Crippen LogP contribution in [0.25, 0.3) is 10.6 Å². The average molecular weight is 346 g/mol. The minimum absolute atomic E-state index is 0. The standard InChI is InChI=1S/C14H19N3OS2.ClH/c1-10-17-12(9-19-10)13-4-3-11(20-13)5-8-16-14(18)6-7-15-2;/h3-4,9,15H,5-8H2,1-2H3,(H,16,18);1H. The van der Waals surface area contributed by atoms with Crippen LogP contribution in [-0.2, 0) is 11.2 Å². The summed E-state index contributed by atoms with van der Waals surface area (Å²) in [6.07, 6.45) is 1.41. The molecule has 0 aliphatic carbocycles. The maximum atomic E-state index is 11.5. The van der Waals surface area contributed by atoms with Crippen LogP contribution in [0, 0.1) is 6.92 Å². The Kier molecular flexibility index (Phi) is 7.88. The molecule has 0 aliphatic heterocycles. The van der Waals surface area contributed by atoms with E-state index in [0.717, 1.165) is 23.7 Å². The SMILES string of the molecule is CNCCC(=O)NCCc1ccc(-c2csc(C)n2)s1.Cl. The molecule has 0 aliphatic rings. The lowest BCUT2D eigenvalue weighted by atomic mass is 10.3. The molecule has 2 rings (SSSR count). The summed E-state index contributed by atoms with van der Waals surface area (Å²) in [6, 6.07) is 4.23. The lowest BCUT2D eigenvalue weighted by Gasteiger charge is -2.03. The lowest BCUT2D eigenvalue weighted by Crippen LogP contribution is -2.28. The summed E-state index contributed by atoms with van der Waals surface area (Å²) in [5, 5.41) is 9.08.